The summed E-state index contributed by atoms with van der Waals surface area (Å²) >= 11 is 0. The molecule has 3 rings (SSSR count). The SMILES string of the molecule is CNS(=O)(=O)c1ccc(-c2noc([C@H](CCCC3CCCCC3)CC(=O)NO)n2)cc1. The fourth-order valence-electron chi connectivity index (χ4n) is 4.13. The van der Waals surface area contributed by atoms with Crippen molar-refractivity contribution in [2.75, 3.05) is 7.05 Å². The van der Waals surface area contributed by atoms with Crippen molar-refractivity contribution in [2.24, 2.45) is 5.92 Å². The molecule has 10 heteroatoms. The van der Waals surface area contributed by atoms with Crippen LogP contribution in [-0.2, 0) is 14.8 Å². The third-order valence-corrected chi connectivity index (χ3v) is 7.36. The Kier molecular flexibility index (Phi) is 8.16. The minimum absolute atomic E-state index is 0.0577. The Morgan fingerprint density at radius 2 is 1.94 bits per heavy atom. The normalized spacial score (nSPS) is 16.2. The van der Waals surface area contributed by atoms with Gasteiger partial charge in [-0.1, -0.05) is 50.1 Å². The zero-order valence-corrected chi connectivity index (χ0v) is 18.5. The summed E-state index contributed by atoms with van der Waals surface area (Å²) in [5.74, 6) is 0.621. The van der Waals surface area contributed by atoms with Gasteiger partial charge in [0.2, 0.25) is 27.6 Å². The second-order valence-corrected chi connectivity index (χ2v) is 9.95. The Hall–Kier alpha value is -2.30. The van der Waals surface area contributed by atoms with Crippen LogP contribution in [0.15, 0.2) is 33.7 Å². The summed E-state index contributed by atoms with van der Waals surface area (Å²) < 4.78 is 31.4. The molecule has 1 aliphatic carbocycles. The van der Waals surface area contributed by atoms with E-state index in [4.69, 9.17) is 9.73 Å². The highest BCUT2D eigenvalue weighted by atomic mass is 32.2. The highest BCUT2D eigenvalue weighted by Gasteiger charge is 2.24. The Morgan fingerprint density at radius 3 is 2.58 bits per heavy atom. The first-order valence-electron chi connectivity index (χ1n) is 10.7. The molecule has 31 heavy (non-hydrogen) atoms. The Morgan fingerprint density at radius 1 is 1.23 bits per heavy atom. The molecule has 0 bridgehead atoms. The lowest BCUT2D eigenvalue weighted by atomic mass is 9.84. The van der Waals surface area contributed by atoms with Crippen LogP contribution in [0.5, 0.6) is 0 Å². The van der Waals surface area contributed by atoms with Crippen molar-refractivity contribution < 1.29 is 22.9 Å². The average molecular weight is 451 g/mol. The minimum atomic E-state index is -3.52. The summed E-state index contributed by atoms with van der Waals surface area (Å²) in [6.45, 7) is 0. The van der Waals surface area contributed by atoms with E-state index in [1.54, 1.807) is 17.6 Å². The van der Waals surface area contributed by atoms with Gasteiger partial charge in [-0.15, -0.1) is 0 Å². The van der Waals surface area contributed by atoms with Crippen molar-refractivity contribution in [3.63, 3.8) is 0 Å². The maximum Gasteiger partial charge on any atom is 0.244 e. The lowest BCUT2D eigenvalue weighted by Gasteiger charge is -2.22. The van der Waals surface area contributed by atoms with Gasteiger partial charge in [0, 0.05) is 17.9 Å². The van der Waals surface area contributed by atoms with Crippen LogP contribution in [0.25, 0.3) is 11.4 Å². The van der Waals surface area contributed by atoms with E-state index in [1.165, 1.54) is 51.3 Å². The van der Waals surface area contributed by atoms with Crippen molar-refractivity contribution in [3.05, 3.63) is 30.2 Å². The molecule has 1 atom stereocenters. The smallest absolute Gasteiger partial charge is 0.244 e. The van der Waals surface area contributed by atoms with Crippen molar-refractivity contribution in [3.8, 4) is 11.4 Å². The molecule has 1 heterocycles. The average Bonchev–Trinajstić information content (AvgIpc) is 3.29. The topological polar surface area (TPSA) is 134 Å². The minimum Gasteiger partial charge on any atom is -0.339 e. The van der Waals surface area contributed by atoms with Gasteiger partial charge in [0.25, 0.3) is 0 Å². The summed E-state index contributed by atoms with van der Waals surface area (Å²) in [5, 5.41) is 12.9. The summed E-state index contributed by atoms with van der Waals surface area (Å²) in [4.78, 5) is 16.4. The second kappa shape index (κ2) is 10.8. The molecule has 1 aromatic carbocycles. The van der Waals surface area contributed by atoms with E-state index in [1.807, 2.05) is 0 Å². The molecule has 0 aliphatic heterocycles. The van der Waals surface area contributed by atoms with Gasteiger partial charge < -0.3 is 4.52 Å². The van der Waals surface area contributed by atoms with Gasteiger partial charge in [-0.05, 0) is 43.7 Å². The predicted molar refractivity (Wildman–Crippen MR) is 114 cm³/mol. The third kappa shape index (κ3) is 6.34. The van der Waals surface area contributed by atoms with E-state index >= 15 is 0 Å². The first-order valence-corrected chi connectivity index (χ1v) is 12.2. The van der Waals surface area contributed by atoms with Crippen LogP contribution in [0.4, 0.5) is 0 Å². The summed E-state index contributed by atoms with van der Waals surface area (Å²) in [6, 6.07) is 6.16. The van der Waals surface area contributed by atoms with E-state index < -0.39 is 15.9 Å². The van der Waals surface area contributed by atoms with Gasteiger partial charge in [-0.3, -0.25) is 10.0 Å². The summed E-state index contributed by atoms with van der Waals surface area (Å²) in [7, 11) is -2.17. The number of hydrogen-bond acceptors (Lipinski definition) is 7. The number of sulfonamides is 1. The molecule has 9 nitrogen and oxygen atoms in total. The van der Waals surface area contributed by atoms with Gasteiger partial charge in [0.05, 0.1) is 4.90 Å². The number of nitrogens with one attached hydrogen (secondary N) is 2. The van der Waals surface area contributed by atoms with E-state index in [9.17, 15) is 13.2 Å². The van der Waals surface area contributed by atoms with Crippen molar-refractivity contribution in [1.82, 2.24) is 20.3 Å². The van der Waals surface area contributed by atoms with Crippen LogP contribution in [0, 0.1) is 5.92 Å². The van der Waals surface area contributed by atoms with E-state index in [-0.39, 0.29) is 17.2 Å². The number of carbonyl (C=O) groups is 1. The van der Waals surface area contributed by atoms with E-state index in [0.717, 1.165) is 18.8 Å². The van der Waals surface area contributed by atoms with Crippen molar-refractivity contribution in [2.45, 2.75) is 68.6 Å². The van der Waals surface area contributed by atoms with E-state index in [0.29, 0.717) is 23.7 Å². The molecule has 1 saturated carbocycles. The summed E-state index contributed by atoms with van der Waals surface area (Å²) in [6.07, 6.45) is 9.28. The first kappa shape index (κ1) is 23.4. The number of aromatic nitrogens is 2. The molecule has 0 spiro atoms. The monoisotopic (exact) mass is 450 g/mol. The number of hydrogen-bond donors (Lipinski definition) is 3. The predicted octanol–water partition coefficient (Wildman–Crippen LogP) is 3.37. The first-order chi connectivity index (χ1) is 14.9. The molecular weight excluding hydrogens is 420 g/mol. The van der Waals surface area contributed by atoms with Crippen LogP contribution in [0.2, 0.25) is 0 Å². The molecule has 2 aromatic rings. The third-order valence-electron chi connectivity index (χ3n) is 5.93. The molecule has 1 aromatic heterocycles. The number of hydroxylamine groups is 1. The number of nitrogens with zero attached hydrogens (tertiary/aromatic N) is 2. The molecular formula is C21H30N4O5S. The van der Waals surface area contributed by atoms with Gasteiger partial charge in [0.1, 0.15) is 0 Å². The molecule has 1 amide bonds. The van der Waals surface area contributed by atoms with Crippen LogP contribution in [0.1, 0.15) is 69.6 Å². The van der Waals surface area contributed by atoms with Crippen LogP contribution in [-0.4, -0.2) is 36.7 Å². The number of carbonyl (C=O) groups excluding carboxylic acids is 1. The largest absolute Gasteiger partial charge is 0.339 e. The Balaban J connectivity index is 1.69. The van der Waals surface area contributed by atoms with Crippen molar-refractivity contribution in [1.29, 1.82) is 0 Å². The lowest BCUT2D eigenvalue weighted by molar-refractivity contribution is -0.129. The van der Waals surface area contributed by atoms with Gasteiger partial charge >= 0.3 is 0 Å². The van der Waals surface area contributed by atoms with Crippen LogP contribution < -0.4 is 10.2 Å². The highest BCUT2D eigenvalue weighted by molar-refractivity contribution is 7.89. The molecule has 1 aliphatic rings. The van der Waals surface area contributed by atoms with Gasteiger partial charge in [-0.25, -0.2) is 18.6 Å². The summed E-state index contributed by atoms with van der Waals surface area (Å²) in [5.41, 5.74) is 2.29. The van der Waals surface area contributed by atoms with Gasteiger partial charge in [-0.2, -0.15) is 4.98 Å². The Labute approximate surface area is 182 Å². The number of benzene rings is 1. The van der Waals surface area contributed by atoms with Crippen molar-refractivity contribution >= 4 is 15.9 Å². The molecule has 0 unspecified atom stereocenters. The standard InChI is InChI=1S/C21H30N4O5S/c1-22-31(28,29)18-12-10-16(11-13-18)20-23-21(30-25-20)17(14-19(26)24-27)9-5-8-15-6-3-2-4-7-15/h10-13,15,17,22,27H,2-9,14H2,1H3,(H,24,26)/t17-/m1/s1. The molecule has 1 fully saturated rings. The quantitative estimate of drug-likeness (QED) is 0.373. The lowest BCUT2D eigenvalue weighted by Crippen LogP contribution is -2.21. The number of amides is 1. The zero-order chi connectivity index (χ0) is 22.3. The van der Waals surface area contributed by atoms with E-state index in [2.05, 4.69) is 14.9 Å². The molecule has 0 radical (unpaired) electrons. The highest BCUT2D eigenvalue weighted by Crippen LogP contribution is 2.31. The van der Waals surface area contributed by atoms with Crippen LogP contribution in [0.3, 0.4) is 0 Å². The fourth-order valence-corrected chi connectivity index (χ4v) is 4.86. The molecule has 3 N–H and O–H groups in total. The molecule has 0 saturated heterocycles. The van der Waals surface area contributed by atoms with Crippen LogP contribution >= 0.6 is 0 Å². The van der Waals surface area contributed by atoms with Gasteiger partial charge in [0.15, 0.2) is 0 Å². The number of rotatable bonds is 10. The second-order valence-electron chi connectivity index (χ2n) is 8.06. The zero-order valence-electron chi connectivity index (χ0n) is 17.7. The fraction of sp³-hybridized carbons (Fsp3) is 0.571. The Bertz CT molecular complexity index is 952. The maximum absolute atomic E-state index is 11.9. The molecule has 170 valence electrons. The maximum atomic E-state index is 11.9.